The molecule has 7 heteroatoms. The van der Waals surface area contributed by atoms with Gasteiger partial charge in [0.2, 0.25) is 0 Å². The molecule has 112 valence electrons. The second-order valence-corrected chi connectivity index (χ2v) is 7.03. The first-order chi connectivity index (χ1) is 9.38. The molecule has 0 radical (unpaired) electrons. The van der Waals surface area contributed by atoms with Crippen LogP contribution in [0.2, 0.25) is 0 Å². The number of aromatic nitrogens is 1. The molecule has 1 aromatic rings. The minimum Gasteiger partial charge on any atom is -0.304 e. The lowest BCUT2D eigenvalue weighted by molar-refractivity contribution is 0.221. The minimum absolute atomic E-state index is 0.281. The molecule has 2 rings (SSSR count). The van der Waals surface area contributed by atoms with Gasteiger partial charge in [0.1, 0.15) is 0 Å². The van der Waals surface area contributed by atoms with Crippen LogP contribution in [0.15, 0.2) is 12.3 Å². The van der Waals surface area contributed by atoms with Crippen LogP contribution in [-0.4, -0.2) is 55.8 Å². The zero-order valence-corrected chi connectivity index (χ0v) is 13.1. The molecule has 0 amide bonds. The molecule has 1 aromatic heterocycles. The molecule has 0 bridgehead atoms. The normalized spacial score (nSPS) is 18.4. The average Bonchev–Trinajstić information content (AvgIpc) is 2.41. The zero-order valence-electron chi connectivity index (χ0n) is 12.3. The fourth-order valence-electron chi connectivity index (χ4n) is 2.09. The van der Waals surface area contributed by atoms with Crippen LogP contribution in [0.25, 0.3) is 0 Å². The fourth-order valence-corrected chi connectivity index (χ4v) is 3.27. The highest BCUT2D eigenvalue weighted by Crippen LogP contribution is 2.08. The van der Waals surface area contributed by atoms with E-state index in [1.165, 1.54) is 4.31 Å². The molecule has 0 aromatic carbocycles. The van der Waals surface area contributed by atoms with E-state index in [0.29, 0.717) is 13.1 Å². The van der Waals surface area contributed by atoms with Gasteiger partial charge in [-0.3, -0.25) is 4.98 Å². The lowest BCUT2D eigenvalue weighted by atomic mass is 10.2. The first-order valence-corrected chi connectivity index (χ1v) is 8.18. The summed E-state index contributed by atoms with van der Waals surface area (Å²) in [5.74, 6) is 0. The molecule has 1 aliphatic rings. The molecule has 20 heavy (non-hydrogen) atoms. The van der Waals surface area contributed by atoms with Crippen LogP contribution in [0.5, 0.6) is 0 Å². The summed E-state index contributed by atoms with van der Waals surface area (Å²) in [6.07, 6.45) is 1.72. The standard InChI is InChI=1S/C13H22N4O2S/c1-11-8-13(9-14-12(11)2)10-15-20(18,19)17-6-4-16(3)5-7-17/h8-9,15H,4-7,10H2,1-3H3. The largest absolute Gasteiger partial charge is 0.304 e. The van der Waals surface area contributed by atoms with Crippen LogP contribution in [0, 0.1) is 13.8 Å². The highest BCUT2D eigenvalue weighted by molar-refractivity contribution is 7.87. The monoisotopic (exact) mass is 298 g/mol. The third-order valence-electron chi connectivity index (χ3n) is 3.66. The number of rotatable bonds is 4. The summed E-state index contributed by atoms with van der Waals surface area (Å²) in [6.45, 7) is 6.81. The van der Waals surface area contributed by atoms with E-state index in [2.05, 4.69) is 14.6 Å². The molecular formula is C13H22N4O2S. The van der Waals surface area contributed by atoms with Crippen LogP contribution in [-0.2, 0) is 16.8 Å². The summed E-state index contributed by atoms with van der Waals surface area (Å²) in [7, 11) is -1.40. The molecule has 0 spiro atoms. The molecule has 2 heterocycles. The number of nitrogens with zero attached hydrogens (tertiary/aromatic N) is 3. The van der Waals surface area contributed by atoms with Crippen molar-refractivity contribution >= 4 is 10.2 Å². The minimum atomic E-state index is -3.40. The second kappa shape index (κ2) is 6.17. The maximum absolute atomic E-state index is 12.2. The van der Waals surface area contributed by atoms with Crippen molar-refractivity contribution in [3.05, 3.63) is 29.1 Å². The zero-order chi connectivity index (χ0) is 14.8. The smallest absolute Gasteiger partial charge is 0.279 e. The first kappa shape index (κ1) is 15.4. The fraction of sp³-hybridized carbons (Fsp3) is 0.615. The van der Waals surface area contributed by atoms with Gasteiger partial charge in [-0.05, 0) is 32.0 Å². The molecule has 0 saturated carbocycles. The quantitative estimate of drug-likeness (QED) is 0.867. The van der Waals surface area contributed by atoms with Crippen molar-refractivity contribution in [1.29, 1.82) is 0 Å². The average molecular weight is 298 g/mol. The van der Waals surface area contributed by atoms with E-state index >= 15 is 0 Å². The van der Waals surface area contributed by atoms with Gasteiger partial charge in [-0.2, -0.15) is 17.4 Å². The van der Waals surface area contributed by atoms with Crippen molar-refractivity contribution in [2.45, 2.75) is 20.4 Å². The molecular weight excluding hydrogens is 276 g/mol. The van der Waals surface area contributed by atoms with Crippen LogP contribution in [0.3, 0.4) is 0 Å². The van der Waals surface area contributed by atoms with E-state index in [0.717, 1.165) is 29.9 Å². The molecule has 0 atom stereocenters. The number of pyridine rings is 1. The summed E-state index contributed by atoms with van der Waals surface area (Å²) in [4.78, 5) is 6.37. The van der Waals surface area contributed by atoms with Gasteiger partial charge in [0, 0.05) is 44.6 Å². The van der Waals surface area contributed by atoms with Crippen molar-refractivity contribution in [3.63, 3.8) is 0 Å². The number of hydrogen-bond acceptors (Lipinski definition) is 4. The molecule has 1 aliphatic heterocycles. The van der Waals surface area contributed by atoms with Crippen molar-refractivity contribution in [3.8, 4) is 0 Å². The molecule has 6 nitrogen and oxygen atoms in total. The Bertz CT molecular complexity index is 566. The van der Waals surface area contributed by atoms with E-state index < -0.39 is 10.2 Å². The van der Waals surface area contributed by atoms with Gasteiger partial charge in [0.15, 0.2) is 0 Å². The molecule has 1 saturated heterocycles. The van der Waals surface area contributed by atoms with Crippen molar-refractivity contribution in [2.75, 3.05) is 33.2 Å². The SMILES string of the molecule is Cc1cc(CNS(=O)(=O)N2CCN(C)CC2)cnc1C. The number of nitrogens with one attached hydrogen (secondary N) is 1. The molecule has 0 aliphatic carbocycles. The van der Waals surface area contributed by atoms with Crippen LogP contribution in [0.1, 0.15) is 16.8 Å². The lowest BCUT2D eigenvalue weighted by Gasteiger charge is -2.31. The van der Waals surface area contributed by atoms with Gasteiger partial charge in [-0.1, -0.05) is 6.07 Å². The highest BCUT2D eigenvalue weighted by atomic mass is 32.2. The van der Waals surface area contributed by atoms with E-state index in [4.69, 9.17) is 0 Å². The third-order valence-corrected chi connectivity index (χ3v) is 5.21. The van der Waals surface area contributed by atoms with E-state index in [9.17, 15) is 8.42 Å². The maximum atomic E-state index is 12.2. The Labute approximate surface area is 121 Å². The Balaban J connectivity index is 1.96. The van der Waals surface area contributed by atoms with Crippen molar-refractivity contribution in [1.82, 2.24) is 18.9 Å². The molecule has 1 fully saturated rings. The van der Waals surface area contributed by atoms with E-state index in [1.54, 1.807) is 6.20 Å². The van der Waals surface area contributed by atoms with Crippen LogP contribution in [0.4, 0.5) is 0 Å². The Morgan fingerprint density at radius 3 is 2.50 bits per heavy atom. The first-order valence-electron chi connectivity index (χ1n) is 6.74. The third kappa shape index (κ3) is 3.76. The number of likely N-dealkylation sites (N-methyl/N-ethyl adjacent to an activating group) is 1. The maximum Gasteiger partial charge on any atom is 0.279 e. The van der Waals surface area contributed by atoms with Gasteiger partial charge in [0.25, 0.3) is 10.2 Å². The summed E-state index contributed by atoms with van der Waals surface area (Å²) in [5.41, 5.74) is 2.92. The van der Waals surface area contributed by atoms with Gasteiger partial charge in [-0.15, -0.1) is 0 Å². The van der Waals surface area contributed by atoms with Crippen LogP contribution < -0.4 is 4.72 Å². The summed E-state index contributed by atoms with van der Waals surface area (Å²) < 4.78 is 28.5. The highest BCUT2D eigenvalue weighted by Gasteiger charge is 2.25. The number of aryl methyl sites for hydroxylation is 2. The summed E-state index contributed by atoms with van der Waals surface area (Å²) >= 11 is 0. The Morgan fingerprint density at radius 2 is 1.90 bits per heavy atom. The van der Waals surface area contributed by atoms with Crippen LogP contribution >= 0.6 is 0 Å². The Hall–Kier alpha value is -1.02. The van der Waals surface area contributed by atoms with E-state index in [1.807, 2.05) is 27.0 Å². The van der Waals surface area contributed by atoms with Gasteiger partial charge in [-0.25, -0.2) is 0 Å². The Kier molecular flexibility index (Phi) is 4.74. The summed E-state index contributed by atoms with van der Waals surface area (Å²) in [5, 5.41) is 0. The molecule has 0 unspecified atom stereocenters. The van der Waals surface area contributed by atoms with Crippen molar-refractivity contribution < 1.29 is 8.42 Å². The predicted octanol–water partition coefficient (Wildman–Crippen LogP) is 0.280. The van der Waals surface area contributed by atoms with E-state index in [-0.39, 0.29) is 6.54 Å². The predicted molar refractivity (Wildman–Crippen MR) is 78.5 cm³/mol. The summed E-state index contributed by atoms with van der Waals surface area (Å²) in [6, 6.07) is 1.97. The Morgan fingerprint density at radius 1 is 1.25 bits per heavy atom. The van der Waals surface area contributed by atoms with Gasteiger partial charge >= 0.3 is 0 Å². The number of hydrogen-bond donors (Lipinski definition) is 1. The van der Waals surface area contributed by atoms with Crippen molar-refractivity contribution in [2.24, 2.45) is 0 Å². The number of piperazine rings is 1. The van der Waals surface area contributed by atoms with Gasteiger partial charge in [0.05, 0.1) is 0 Å². The second-order valence-electron chi connectivity index (χ2n) is 5.27. The molecule has 1 N–H and O–H groups in total. The topological polar surface area (TPSA) is 65.5 Å². The van der Waals surface area contributed by atoms with Gasteiger partial charge < -0.3 is 4.90 Å². The lowest BCUT2D eigenvalue weighted by Crippen LogP contribution is -2.50.